The van der Waals surface area contributed by atoms with Crippen LogP contribution >= 0.6 is 0 Å². The van der Waals surface area contributed by atoms with Crippen molar-refractivity contribution in [3.05, 3.63) is 35.5 Å². The number of nitrogens with one attached hydrogen (secondary N) is 1. The van der Waals surface area contributed by atoms with E-state index in [1.165, 1.54) is 6.07 Å². The summed E-state index contributed by atoms with van der Waals surface area (Å²) in [6, 6.07) is 6.42. The molecule has 1 heterocycles. The van der Waals surface area contributed by atoms with Crippen molar-refractivity contribution in [1.29, 1.82) is 0 Å². The summed E-state index contributed by atoms with van der Waals surface area (Å²) in [6.07, 6.45) is -2.13. The molecule has 2 unspecified atom stereocenters. The fraction of sp³-hybridized carbons (Fsp3) is 0.250. The van der Waals surface area contributed by atoms with Gasteiger partial charge in [0, 0.05) is 17.4 Å². The Hall–Kier alpha value is -1.89. The standard InChI is InChI=1S/C12H14N2O4/c13-5-10(15)11(16)7-2-1-6-3-9(12(17)18)14-8(6)4-7/h1-4,10-11,14-16H,5,13H2,(H,17,18). The lowest BCUT2D eigenvalue weighted by Crippen LogP contribution is -2.27. The highest BCUT2D eigenvalue weighted by Crippen LogP contribution is 2.22. The molecule has 2 atom stereocenters. The highest BCUT2D eigenvalue weighted by Gasteiger charge is 2.17. The highest BCUT2D eigenvalue weighted by atomic mass is 16.4. The summed E-state index contributed by atoms with van der Waals surface area (Å²) in [5.41, 5.74) is 6.43. The highest BCUT2D eigenvalue weighted by molar-refractivity contribution is 5.93. The predicted molar refractivity (Wildman–Crippen MR) is 65.3 cm³/mol. The Kier molecular flexibility index (Phi) is 3.33. The lowest BCUT2D eigenvalue weighted by Gasteiger charge is -2.16. The molecule has 6 nitrogen and oxygen atoms in total. The first-order chi connectivity index (χ1) is 8.52. The molecule has 0 aliphatic rings. The SMILES string of the molecule is NCC(O)C(O)c1ccc2cc(C(=O)O)[nH]c2c1. The maximum absolute atomic E-state index is 10.8. The van der Waals surface area contributed by atoms with Gasteiger partial charge in [-0.15, -0.1) is 0 Å². The molecule has 6 heteroatoms. The summed E-state index contributed by atoms with van der Waals surface area (Å²) in [4.78, 5) is 13.5. The van der Waals surface area contributed by atoms with Gasteiger partial charge in [-0.3, -0.25) is 0 Å². The van der Waals surface area contributed by atoms with Gasteiger partial charge >= 0.3 is 5.97 Å². The van der Waals surface area contributed by atoms with Crippen LogP contribution in [0, 0.1) is 0 Å². The van der Waals surface area contributed by atoms with Crippen molar-refractivity contribution in [1.82, 2.24) is 4.98 Å². The van der Waals surface area contributed by atoms with Crippen LogP contribution in [0.2, 0.25) is 0 Å². The van der Waals surface area contributed by atoms with Crippen molar-refractivity contribution < 1.29 is 20.1 Å². The number of fused-ring (bicyclic) bond motifs is 1. The van der Waals surface area contributed by atoms with E-state index in [1.54, 1.807) is 18.2 Å². The van der Waals surface area contributed by atoms with E-state index in [9.17, 15) is 15.0 Å². The number of nitrogens with two attached hydrogens (primary N) is 1. The van der Waals surface area contributed by atoms with Gasteiger partial charge in [-0.1, -0.05) is 12.1 Å². The van der Waals surface area contributed by atoms with E-state index in [0.717, 1.165) is 5.39 Å². The molecular weight excluding hydrogens is 236 g/mol. The Morgan fingerprint density at radius 2 is 2.06 bits per heavy atom. The van der Waals surface area contributed by atoms with Crippen molar-refractivity contribution in [2.24, 2.45) is 5.73 Å². The quantitative estimate of drug-likeness (QED) is 0.531. The summed E-state index contributed by atoms with van der Waals surface area (Å²) in [5.74, 6) is -1.05. The number of aromatic amines is 1. The second-order valence-electron chi connectivity index (χ2n) is 4.08. The van der Waals surface area contributed by atoms with E-state index in [0.29, 0.717) is 11.1 Å². The maximum Gasteiger partial charge on any atom is 0.352 e. The minimum atomic E-state index is -1.09. The molecular formula is C12H14N2O4. The first-order valence-corrected chi connectivity index (χ1v) is 5.45. The number of aliphatic hydroxyl groups is 2. The molecule has 0 spiro atoms. The van der Waals surface area contributed by atoms with Crippen molar-refractivity contribution in [2.45, 2.75) is 12.2 Å². The Balaban J connectivity index is 2.40. The number of aromatic nitrogens is 1. The van der Waals surface area contributed by atoms with E-state index in [4.69, 9.17) is 10.8 Å². The average Bonchev–Trinajstić information content (AvgIpc) is 2.79. The van der Waals surface area contributed by atoms with Gasteiger partial charge in [0.1, 0.15) is 11.8 Å². The van der Waals surface area contributed by atoms with Crippen LogP contribution in [0.15, 0.2) is 24.3 Å². The maximum atomic E-state index is 10.8. The molecule has 1 aromatic heterocycles. The molecule has 0 saturated heterocycles. The Bertz CT molecular complexity index is 578. The third-order valence-corrected chi connectivity index (χ3v) is 2.82. The second-order valence-corrected chi connectivity index (χ2v) is 4.08. The fourth-order valence-electron chi connectivity index (χ4n) is 1.79. The number of carboxylic acids is 1. The number of H-pyrrole nitrogens is 1. The van der Waals surface area contributed by atoms with Crippen LogP contribution in [0.5, 0.6) is 0 Å². The van der Waals surface area contributed by atoms with Crippen LogP contribution < -0.4 is 5.73 Å². The van der Waals surface area contributed by atoms with Gasteiger partial charge in [0.25, 0.3) is 0 Å². The topological polar surface area (TPSA) is 120 Å². The van der Waals surface area contributed by atoms with Gasteiger partial charge in [0.2, 0.25) is 0 Å². The molecule has 6 N–H and O–H groups in total. The van der Waals surface area contributed by atoms with Gasteiger partial charge in [-0.2, -0.15) is 0 Å². The van der Waals surface area contributed by atoms with Crippen LogP contribution in [-0.4, -0.2) is 38.9 Å². The smallest absolute Gasteiger partial charge is 0.352 e. The predicted octanol–water partition coefficient (Wildman–Crippen LogP) is 0.219. The molecule has 0 fully saturated rings. The zero-order valence-electron chi connectivity index (χ0n) is 9.50. The number of carboxylic acid groups (broad SMARTS) is 1. The van der Waals surface area contributed by atoms with Crippen LogP contribution in [0.1, 0.15) is 22.2 Å². The normalized spacial score (nSPS) is 14.6. The van der Waals surface area contributed by atoms with Crippen LogP contribution in [-0.2, 0) is 0 Å². The molecule has 0 aliphatic heterocycles. The minimum Gasteiger partial charge on any atom is -0.477 e. The molecule has 0 radical (unpaired) electrons. The van der Waals surface area contributed by atoms with Gasteiger partial charge in [-0.05, 0) is 17.7 Å². The largest absolute Gasteiger partial charge is 0.477 e. The summed E-state index contributed by atoms with van der Waals surface area (Å²) < 4.78 is 0. The second kappa shape index (κ2) is 4.77. The monoisotopic (exact) mass is 250 g/mol. The summed E-state index contributed by atoms with van der Waals surface area (Å²) in [5, 5.41) is 28.9. The molecule has 0 saturated carbocycles. The number of hydrogen-bond acceptors (Lipinski definition) is 4. The van der Waals surface area contributed by atoms with E-state index in [2.05, 4.69) is 4.98 Å². The minimum absolute atomic E-state index is 0.0513. The van der Waals surface area contributed by atoms with Crippen molar-refractivity contribution in [3.8, 4) is 0 Å². The summed E-state index contributed by atoms with van der Waals surface area (Å²) >= 11 is 0. The number of hydrogen-bond donors (Lipinski definition) is 5. The zero-order valence-corrected chi connectivity index (χ0v) is 9.50. The van der Waals surface area contributed by atoms with Crippen LogP contribution in [0.4, 0.5) is 0 Å². The number of carbonyl (C=O) groups is 1. The number of rotatable bonds is 4. The van der Waals surface area contributed by atoms with E-state index in [-0.39, 0.29) is 12.2 Å². The van der Waals surface area contributed by atoms with Gasteiger partial charge < -0.3 is 26.0 Å². The Labute approximate surface area is 103 Å². The van der Waals surface area contributed by atoms with Crippen LogP contribution in [0.3, 0.4) is 0 Å². The van der Waals surface area contributed by atoms with Crippen molar-refractivity contribution >= 4 is 16.9 Å². The van der Waals surface area contributed by atoms with E-state index >= 15 is 0 Å². The van der Waals surface area contributed by atoms with Gasteiger partial charge in [0.15, 0.2) is 0 Å². The lowest BCUT2D eigenvalue weighted by atomic mass is 10.0. The third-order valence-electron chi connectivity index (χ3n) is 2.82. The Morgan fingerprint density at radius 1 is 1.33 bits per heavy atom. The molecule has 0 bridgehead atoms. The van der Waals surface area contributed by atoms with E-state index < -0.39 is 18.2 Å². The first kappa shape index (κ1) is 12.6. The Morgan fingerprint density at radius 3 is 2.67 bits per heavy atom. The number of aliphatic hydroxyl groups excluding tert-OH is 2. The zero-order chi connectivity index (χ0) is 13.3. The van der Waals surface area contributed by atoms with Gasteiger partial charge in [-0.25, -0.2) is 4.79 Å². The molecule has 18 heavy (non-hydrogen) atoms. The molecule has 0 aliphatic carbocycles. The lowest BCUT2D eigenvalue weighted by molar-refractivity contribution is 0.0244. The molecule has 2 aromatic rings. The molecule has 0 amide bonds. The average molecular weight is 250 g/mol. The van der Waals surface area contributed by atoms with Crippen LogP contribution in [0.25, 0.3) is 10.9 Å². The fourth-order valence-corrected chi connectivity index (χ4v) is 1.79. The summed E-state index contributed by atoms with van der Waals surface area (Å²) in [7, 11) is 0. The molecule has 2 rings (SSSR count). The third kappa shape index (κ3) is 2.21. The first-order valence-electron chi connectivity index (χ1n) is 5.45. The molecule has 96 valence electrons. The van der Waals surface area contributed by atoms with E-state index in [1.807, 2.05) is 0 Å². The number of benzene rings is 1. The molecule has 1 aromatic carbocycles. The summed E-state index contributed by atoms with van der Waals surface area (Å²) in [6.45, 7) is -0.0513. The van der Waals surface area contributed by atoms with Gasteiger partial charge in [0.05, 0.1) is 6.10 Å². The van der Waals surface area contributed by atoms with Crippen molar-refractivity contribution in [3.63, 3.8) is 0 Å². The number of aromatic carboxylic acids is 1. The van der Waals surface area contributed by atoms with Crippen molar-refractivity contribution in [2.75, 3.05) is 6.54 Å².